The lowest BCUT2D eigenvalue weighted by molar-refractivity contribution is -0.0696. The molecule has 0 saturated carbocycles. The highest BCUT2D eigenvalue weighted by Crippen LogP contribution is 2.39. The van der Waals surface area contributed by atoms with Gasteiger partial charge in [-0.1, -0.05) is 102 Å². The van der Waals surface area contributed by atoms with E-state index >= 15 is 0 Å². The molecule has 0 N–H and O–H groups in total. The maximum atomic E-state index is 6.35. The molecular formula is C31H44O2. The fraction of sp³-hybridized carbons (Fsp3) is 0.484. The van der Waals surface area contributed by atoms with E-state index in [2.05, 4.69) is 108 Å². The molecule has 2 rings (SSSR count). The van der Waals surface area contributed by atoms with Crippen LogP contribution in [0.15, 0.2) is 78.4 Å². The van der Waals surface area contributed by atoms with E-state index in [1.54, 1.807) is 0 Å². The molecular weight excluding hydrogens is 404 g/mol. The van der Waals surface area contributed by atoms with Gasteiger partial charge in [0, 0.05) is 6.42 Å². The van der Waals surface area contributed by atoms with Crippen molar-refractivity contribution in [2.75, 3.05) is 6.61 Å². The molecule has 0 aliphatic carbocycles. The van der Waals surface area contributed by atoms with Crippen molar-refractivity contribution in [3.63, 3.8) is 0 Å². The Labute approximate surface area is 202 Å². The van der Waals surface area contributed by atoms with Crippen molar-refractivity contribution in [2.24, 2.45) is 5.41 Å². The molecule has 33 heavy (non-hydrogen) atoms. The van der Waals surface area contributed by atoms with E-state index in [0.29, 0.717) is 13.0 Å². The van der Waals surface area contributed by atoms with Gasteiger partial charge in [0.05, 0.1) is 6.61 Å². The van der Waals surface area contributed by atoms with Gasteiger partial charge in [-0.05, 0) is 65.8 Å². The summed E-state index contributed by atoms with van der Waals surface area (Å²) in [4.78, 5) is 0. The number of allylic oxidation sites excluding steroid dienone is 2. The van der Waals surface area contributed by atoms with Crippen molar-refractivity contribution >= 4 is 0 Å². The van der Waals surface area contributed by atoms with Gasteiger partial charge in [0.15, 0.2) is 0 Å². The zero-order chi connectivity index (χ0) is 24.3. The second kappa shape index (κ2) is 12.8. The largest absolute Gasteiger partial charge is 0.465 e. The molecule has 0 amide bonds. The first-order valence-corrected chi connectivity index (χ1v) is 12.4. The first kappa shape index (κ1) is 26.9. The van der Waals surface area contributed by atoms with Gasteiger partial charge in [-0.25, -0.2) is 0 Å². The van der Waals surface area contributed by atoms with Gasteiger partial charge < -0.3 is 9.47 Å². The molecule has 0 spiro atoms. The molecule has 0 aliphatic heterocycles. The lowest BCUT2D eigenvalue weighted by atomic mass is 9.69. The number of benzene rings is 2. The van der Waals surface area contributed by atoms with E-state index in [4.69, 9.17) is 9.47 Å². The standard InChI is InChI=1S/C31H44O2/c1-8-14-26(15-9-2)23-32-29(22-25-16-12-11-13-17-25)33-28-20-18-27(19-21-28)31(7,10-3)24-30(4,5)6/h8,11-21,29H,9-10,22-24H2,1-7H3/b14-8-,26-15+. The monoisotopic (exact) mass is 448 g/mol. The minimum atomic E-state index is -0.351. The summed E-state index contributed by atoms with van der Waals surface area (Å²) in [6.07, 6.45) is 9.96. The molecule has 0 radical (unpaired) electrons. The topological polar surface area (TPSA) is 18.5 Å². The third-order valence-electron chi connectivity index (χ3n) is 6.05. The van der Waals surface area contributed by atoms with Crippen molar-refractivity contribution < 1.29 is 9.47 Å². The molecule has 0 aromatic heterocycles. The molecule has 0 aliphatic rings. The predicted octanol–water partition coefficient (Wildman–Crippen LogP) is 8.67. The van der Waals surface area contributed by atoms with Crippen LogP contribution in [0.25, 0.3) is 0 Å². The van der Waals surface area contributed by atoms with Crippen LogP contribution in [0.4, 0.5) is 0 Å². The van der Waals surface area contributed by atoms with E-state index in [-0.39, 0.29) is 17.1 Å². The Hall–Kier alpha value is -2.32. The second-order valence-corrected chi connectivity index (χ2v) is 10.4. The summed E-state index contributed by atoms with van der Waals surface area (Å²) in [5, 5.41) is 0. The van der Waals surface area contributed by atoms with Crippen LogP contribution in [0.2, 0.25) is 0 Å². The molecule has 0 saturated heterocycles. The highest BCUT2D eigenvalue weighted by molar-refractivity contribution is 5.32. The van der Waals surface area contributed by atoms with Gasteiger partial charge in [-0.2, -0.15) is 0 Å². The van der Waals surface area contributed by atoms with Gasteiger partial charge >= 0.3 is 0 Å². The van der Waals surface area contributed by atoms with Crippen LogP contribution in [0.5, 0.6) is 5.75 Å². The van der Waals surface area contributed by atoms with Crippen LogP contribution < -0.4 is 4.74 Å². The van der Waals surface area contributed by atoms with Crippen molar-refractivity contribution in [1.82, 2.24) is 0 Å². The van der Waals surface area contributed by atoms with Crippen molar-refractivity contribution in [3.8, 4) is 5.75 Å². The maximum Gasteiger partial charge on any atom is 0.204 e. The molecule has 180 valence electrons. The second-order valence-electron chi connectivity index (χ2n) is 10.4. The van der Waals surface area contributed by atoms with Crippen LogP contribution in [0, 0.1) is 5.41 Å². The average Bonchev–Trinajstić information content (AvgIpc) is 2.77. The molecule has 0 fully saturated rings. The SMILES string of the molecule is C/C=C\C(=C/CC)COC(Cc1ccccc1)Oc1ccc(C(C)(CC)CC(C)(C)C)cc1. The fourth-order valence-corrected chi connectivity index (χ4v) is 4.47. The van der Waals surface area contributed by atoms with E-state index < -0.39 is 0 Å². The average molecular weight is 449 g/mol. The molecule has 2 aromatic carbocycles. The van der Waals surface area contributed by atoms with E-state index in [0.717, 1.165) is 25.0 Å². The fourth-order valence-electron chi connectivity index (χ4n) is 4.47. The summed E-state index contributed by atoms with van der Waals surface area (Å²) in [6, 6.07) is 19.1. The lowest BCUT2D eigenvalue weighted by Gasteiger charge is -2.35. The third-order valence-corrected chi connectivity index (χ3v) is 6.05. The molecule has 2 nitrogen and oxygen atoms in total. The Kier molecular flexibility index (Phi) is 10.4. The summed E-state index contributed by atoms with van der Waals surface area (Å²) >= 11 is 0. The van der Waals surface area contributed by atoms with Gasteiger partial charge in [-0.3, -0.25) is 0 Å². The van der Waals surface area contributed by atoms with Crippen LogP contribution in [-0.4, -0.2) is 12.9 Å². The van der Waals surface area contributed by atoms with Crippen LogP contribution in [-0.2, 0) is 16.6 Å². The van der Waals surface area contributed by atoms with E-state index in [9.17, 15) is 0 Å². The number of hydrogen-bond acceptors (Lipinski definition) is 2. The Bertz CT molecular complexity index is 871. The molecule has 2 heteroatoms. The summed E-state index contributed by atoms with van der Waals surface area (Å²) in [7, 11) is 0. The minimum absolute atomic E-state index is 0.156. The Morgan fingerprint density at radius 1 is 0.939 bits per heavy atom. The highest BCUT2D eigenvalue weighted by atomic mass is 16.7. The molecule has 0 bridgehead atoms. The number of rotatable bonds is 12. The first-order chi connectivity index (χ1) is 15.7. The normalized spacial score (nSPS) is 15.4. The highest BCUT2D eigenvalue weighted by Gasteiger charge is 2.30. The third kappa shape index (κ3) is 9.21. The molecule has 0 heterocycles. The van der Waals surface area contributed by atoms with Crippen LogP contribution in [0.1, 0.15) is 78.9 Å². The van der Waals surface area contributed by atoms with Crippen LogP contribution >= 0.6 is 0 Å². The van der Waals surface area contributed by atoms with Gasteiger partial charge in [0.2, 0.25) is 6.29 Å². The first-order valence-electron chi connectivity index (χ1n) is 12.4. The smallest absolute Gasteiger partial charge is 0.204 e. The maximum absolute atomic E-state index is 6.35. The summed E-state index contributed by atoms with van der Waals surface area (Å²) in [6.45, 7) is 16.3. The predicted molar refractivity (Wildman–Crippen MR) is 142 cm³/mol. The van der Waals surface area contributed by atoms with Gasteiger partial charge in [0.1, 0.15) is 5.75 Å². The van der Waals surface area contributed by atoms with E-state index in [1.807, 2.05) is 13.0 Å². The van der Waals surface area contributed by atoms with Gasteiger partial charge in [-0.15, -0.1) is 0 Å². The Morgan fingerprint density at radius 2 is 1.61 bits per heavy atom. The number of hydrogen-bond donors (Lipinski definition) is 0. The lowest BCUT2D eigenvalue weighted by Crippen LogP contribution is -2.27. The Morgan fingerprint density at radius 3 is 2.15 bits per heavy atom. The minimum Gasteiger partial charge on any atom is -0.465 e. The zero-order valence-electron chi connectivity index (χ0n) is 21.9. The van der Waals surface area contributed by atoms with Crippen molar-refractivity contribution in [1.29, 1.82) is 0 Å². The Balaban J connectivity index is 2.18. The number of ether oxygens (including phenoxy) is 2. The summed E-state index contributed by atoms with van der Waals surface area (Å²) < 4.78 is 12.6. The zero-order valence-corrected chi connectivity index (χ0v) is 21.9. The van der Waals surface area contributed by atoms with Crippen LogP contribution in [0.3, 0.4) is 0 Å². The van der Waals surface area contributed by atoms with Crippen molar-refractivity contribution in [2.45, 2.75) is 85.9 Å². The van der Waals surface area contributed by atoms with Crippen molar-refractivity contribution in [3.05, 3.63) is 89.5 Å². The molecule has 2 atom stereocenters. The van der Waals surface area contributed by atoms with Gasteiger partial charge in [0.25, 0.3) is 0 Å². The molecule has 2 aromatic rings. The molecule has 2 unspecified atom stereocenters. The summed E-state index contributed by atoms with van der Waals surface area (Å²) in [5.41, 5.74) is 4.19. The van der Waals surface area contributed by atoms with E-state index in [1.165, 1.54) is 16.7 Å². The summed E-state index contributed by atoms with van der Waals surface area (Å²) in [5.74, 6) is 0.848. The quantitative estimate of drug-likeness (QED) is 0.239.